The van der Waals surface area contributed by atoms with Crippen molar-refractivity contribution in [3.63, 3.8) is 0 Å². The maximum Gasteiger partial charge on any atom is 0.220 e. The molecular weight excluding hydrogens is 373 g/mol. The summed E-state index contributed by atoms with van der Waals surface area (Å²) >= 11 is 11.8. The lowest BCUT2D eigenvalue weighted by molar-refractivity contribution is -0.120. The monoisotopic (exact) mass is 393 g/mol. The van der Waals surface area contributed by atoms with Crippen LogP contribution in [0.2, 0.25) is 10.0 Å². The van der Waals surface area contributed by atoms with Crippen LogP contribution in [0, 0.1) is 0 Å². The third kappa shape index (κ3) is 6.32. The van der Waals surface area contributed by atoms with E-state index in [-0.39, 0.29) is 24.5 Å². The lowest BCUT2D eigenvalue weighted by Gasteiger charge is -2.09. The molecular formula is C19H21Cl2N3O2. The number of aromatic nitrogens is 1. The molecule has 1 aromatic carbocycles. The average molecular weight is 394 g/mol. The van der Waals surface area contributed by atoms with Crippen molar-refractivity contribution in [2.75, 3.05) is 18.4 Å². The van der Waals surface area contributed by atoms with Gasteiger partial charge >= 0.3 is 0 Å². The molecule has 2 N–H and O–H groups in total. The predicted octanol–water partition coefficient (Wildman–Crippen LogP) is 4.14. The van der Waals surface area contributed by atoms with E-state index in [0.717, 1.165) is 6.42 Å². The van der Waals surface area contributed by atoms with Crippen LogP contribution in [-0.4, -0.2) is 29.8 Å². The topological polar surface area (TPSA) is 71.1 Å². The zero-order valence-corrected chi connectivity index (χ0v) is 16.0. The summed E-state index contributed by atoms with van der Waals surface area (Å²) in [6.07, 6.45) is 2.78. The second-order valence-electron chi connectivity index (χ2n) is 5.73. The van der Waals surface area contributed by atoms with Gasteiger partial charge in [0.25, 0.3) is 0 Å². The quantitative estimate of drug-likeness (QED) is 0.495. The van der Waals surface area contributed by atoms with Gasteiger partial charge < -0.3 is 10.6 Å². The van der Waals surface area contributed by atoms with Crippen LogP contribution in [0.25, 0.3) is 0 Å². The third-order valence-electron chi connectivity index (χ3n) is 3.81. The molecule has 0 fully saturated rings. The minimum absolute atomic E-state index is 0.0296. The Morgan fingerprint density at radius 1 is 1.08 bits per heavy atom. The number of hydrogen-bond acceptors (Lipinski definition) is 4. The molecule has 1 aromatic heterocycles. The molecule has 2 rings (SSSR count). The van der Waals surface area contributed by atoms with Crippen LogP contribution in [0.3, 0.4) is 0 Å². The van der Waals surface area contributed by atoms with Gasteiger partial charge in [-0.25, -0.2) is 4.98 Å². The SMILES string of the molecule is CCc1ccc(C(=O)CCC(=O)NCCNc2ncc(Cl)cc2Cl)cc1. The maximum absolute atomic E-state index is 12.1. The second kappa shape index (κ2) is 10.1. The van der Waals surface area contributed by atoms with E-state index in [9.17, 15) is 9.59 Å². The van der Waals surface area contributed by atoms with Crippen molar-refractivity contribution in [3.05, 3.63) is 57.7 Å². The highest BCUT2D eigenvalue weighted by molar-refractivity contribution is 6.35. The normalized spacial score (nSPS) is 10.4. The predicted molar refractivity (Wildman–Crippen MR) is 105 cm³/mol. The summed E-state index contributed by atoms with van der Waals surface area (Å²) in [5.74, 6) is 0.314. The summed E-state index contributed by atoms with van der Waals surface area (Å²) in [7, 11) is 0. The van der Waals surface area contributed by atoms with Gasteiger partial charge in [0.1, 0.15) is 5.82 Å². The van der Waals surface area contributed by atoms with Crippen LogP contribution in [0.15, 0.2) is 36.5 Å². The third-order valence-corrected chi connectivity index (χ3v) is 4.31. The van der Waals surface area contributed by atoms with E-state index in [1.165, 1.54) is 11.8 Å². The van der Waals surface area contributed by atoms with E-state index < -0.39 is 0 Å². The Bertz CT molecular complexity index is 764. The molecule has 0 atom stereocenters. The largest absolute Gasteiger partial charge is 0.367 e. The number of nitrogens with one attached hydrogen (secondary N) is 2. The van der Waals surface area contributed by atoms with E-state index in [1.807, 2.05) is 24.3 Å². The summed E-state index contributed by atoms with van der Waals surface area (Å²) in [6.45, 7) is 2.93. The first-order chi connectivity index (χ1) is 12.5. The van der Waals surface area contributed by atoms with Gasteiger partial charge in [-0.05, 0) is 18.1 Å². The van der Waals surface area contributed by atoms with Crippen molar-refractivity contribution >= 4 is 40.7 Å². The molecule has 138 valence electrons. The molecule has 0 radical (unpaired) electrons. The summed E-state index contributed by atoms with van der Waals surface area (Å²) in [4.78, 5) is 28.0. The number of halogens is 2. The van der Waals surface area contributed by atoms with E-state index in [0.29, 0.717) is 34.5 Å². The Morgan fingerprint density at radius 3 is 2.46 bits per heavy atom. The molecule has 0 unspecified atom stereocenters. The zero-order valence-electron chi connectivity index (χ0n) is 14.5. The van der Waals surface area contributed by atoms with Crippen molar-refractivity contribution in [2.45, 2.75) is 26.2 Å². The van der Waals surface area contributed by atoms with E-state index in [1.54, 1.807) is 6.07 Å². The van der Waals surface area contributed by atoms with Crippen molar-refractivity contribution in [3.8, 4) is 0 Å². The molecule has 0 spiro atoms. The van der Waals surface area contributed by atoms with Gasteiger partial charge in [0.05, 0.1) is 10.0 Å². The number of Topliss-reactive ketones (excluding diaryl/α,β-unsaturated/α-hetero) is 1. The van der Waals surface area contributed by atoms with Crippen LogP contribution in [0.5, 0.6) is 0 Å². The average Bonchev–Trinajstić information content (AvgIpc) is 2.64. The number of carbonyl (C=O) groups is 2. The fourth-order valence-electron chi connectivity index (χ4n) is 2.31. The van der Waals surface area contributed by atoms with E-state index >= 15 is 0 Å². The van der Waals surface area contributed by atoms with Gasteiger partial charge in [0.15, 0.2) is 5.78 Å². The van der Waals surface area contributed by atoms with Crippen molar-refractivity contribution < 1.29 is 9.59 Å². The van der Waals surface area contributed by atoms with Crippen molar-refractivity contribution in [2.24, 2.45) is 0 Å². The molecule has 1 heterocycles. The molecule has 0 aliphatic heterocycles. The van der Waals surface area contributed by atoms with Gasteiger partial charge in [-0.3, -0.25) is 9.59 Å². The molecule has 0 saturated carbocycles. The van der Waals surface area contributed by atoms with E-state index in [4.69, 9.17) is 23.2 Å². The number of nitrogens with zero attached hydrogens (tertiary/aromatic N) is 1. The standard InChI is InChI=1S/C19H21Cl2N3O2/c1-2-13-3-5-14(6-4-13)17(25)7-8-18(26)22-9-10-23-19-16(21)11-15(20)12-24-19/h3-6,11-12H,2,7-10H2,1H3,(H,22,26)(H,23,24). The molecule has 5 nitrogen and oxygen atoms in total. The van der Waals surface area contributed by atoms with Gasteiger partial charge in [-0.2, -0.15) is 0 Å². The highest BCUT2D eigenvalue weighted by atomic mass is 35.5. The molecule has 0 aliphatic carbocycles. The summed E-state index contributed by atoms with van der Waals surface area (Å²) in [5.41, 5.74) is 1.82. The van der Waals surface area contributed by atoms with Crippen LogP contribution in [-0.2, 0) is 11.2 Å². The second-order valence-corrected chi connectivity index (χ2v) is 6.58. The molecule has 2 aromatic rings. The molecule has 7 heteroatoms. The smallest absolute Gasteiger partial charge is 0.220 e. The minimum Gasteiger partial charge on any atom is -0.367 e. The van der Waals surface area contributed by atoms with Crippen LogP contribution < -0.4 is 10.6 Å². The Hall–Kier alpha value is -2.11. The van der Waals surface area contributed by atoms with Crippen molar-refractivity contribution in [1.29, 1.82) is 0 Å². The Labute approximate surface area is 163 Å². The number of aryl methyl sites for hydroxylation is 1. The summed E-state index contributed by atoms with van der Waals surface area (Å²) in [6, 6.07) is 9.09. The first kappa shape index (κ1) is 20.2. The summed E-state index contributed by atoms with van der Waals surface area (Å²) < 4.78 is 0. The lowest BCUT2D eigenvalue weighted by atomic mass is 10.0. The Balaban J connectivity index is 1.67. The number of amides is 1. The number of hydrogen-bond donors (Lipinski definition) is 2. The molecule has 0 saturated heterocycles. The first-order valence-corrected chi connectivity index (χ1v) is 9.19. The Morgan fingerprint density at radius 2 is 1.81 bits per heavy atom. The van der Waals surface area contributed by atoms with Gasteiger partial charge in [0.2, 0.25) is 5.91 Å². The molecule has 0 aliphatic rings. The molecule has 26 heavy (non-hydrogen) atoms. The van der Waals surface area contributed by atoms with Crippen LogP contribution in [0.1, 0.15) is 35.7 Å². The highest BCUT2D eigenvalue weighted by Gasteiger charge is 2.09. The lowest BCUT2D eigenvalue weighted by Crippen LogP contribution is -2.29. The Kier molecular flexibility index (Phi) is 7.88. The zero-order chi connectivity index (χ0) is 18.9. The van der Waals surface area contributed by atoms with E-state index in [2.05, 4.69) is 22.5 Å². The van der Waals surface area contributed by atoms with Gasteiger partial charge in [0, 0.05) is 37.7 Å². The fraction of sp³-hybridized carbons (Fsp3) is 0.316. The minimum atomic E-state index is -0.166. The number of benzene rings is 1. The van der Waals surface area contributed by atoms with Gasteiger partial charge in [-0.15, -0.1) is 0 Å². The first-order valence-electron chi connectivity index (χ1n) is 8.43. The van der Waals surface area contributed by atoms with Crippen LogP contribution in [0.4, 0.5) is 5.82 Å². The number of pyridine rings is 1. The fourth-order valence-corrected chi connectivity index (χ4v) is 2.76. The number of carbonyl (C=O) groups excluding carboxylic acids is 2. The number of ketones is 1. The van der Waals surface area contributed by atoms with Crippen molar-refractivity contribution in [1.82, 2.24) is 10.3 Å². The number of anilines is 1. The van der Waals surface area contributed by atoms with Gasteiger partial charge in [-0.1, -0.05) is 54.4 Å². The number of rotatable bonds is 9. The highest BCUT2D eigenvalue weighted by Crippen LogP contribution is 2.22. The maximum atomic E-state index is 12.1. The summed E-state index contributed by atoms with van der Waals surface area (Å²) in [5, 5.41) is 6.65. The molecule has 0 bridgehead atoms. The molecule has 1 amide bonds. The van der Waals surface area contributed by atoms with Crippen LogP contribution >= 0.6 is 23.2 Å².